The molecule has 2 rings (SSSR count). The molecule has 0 atom stereocenters. The van der Waals surface area contributed by atoms with Crippen LogP contribution < -0.4 is 15.4 Å². The number of carbonyl (C=O) groups is 3. The first kappa shape index (κ1) is 23.9. The third-order valence-electron chi connectivity index (χ3n) is 4.45. The topological polar surface area (TPSA) is 93.7 Å². The summed E-state index contributed by atoms with van der Waals surface area (Å²) in [6.07, 6.45) is 0. The van der Waals surface area contributed by atoms with Crippen molar-refractivity contribution >= 4 is 17.8 Å². The van der Waals surface area contributed by atoms with Gasteiger partial charge in [0.05, 0.1) is 6.54 Å². The number of amides is 2. The summed E-state index contributed by atoms with van der Waals surface area (Å²) < 4.78 is 10.4. The summed E-state index contributed by atoms with van der Waals surface area (Å²) in [6, 6.07) is 14.8. The van der Waals surface area contributed by atoms with Crippen molar-refractivity contribution in [1.29, 1.82) is 0 Å². The zero-order valence-electron chi connectivity index (χ0n) is 18.5. The zero-order chi connectivity index (χ0) is 22.9. The van der Waals surface area contributed by atoms with Gasteiger partial charge >= 0.3 is 5.97 Å². The fraction of sp³-hybridized carbons (Fsp3) is 0.375. The van der Waals surface area contributed by atoms with E-state index in [0.717, 1.165) is 16.9 Å². The Hall–Kier alpha value is -3.35. The van der Waals surface area contributed by atoms with Gasteiger partial charge in [-0.3, -0.25) is 14.4 Å². The average molecular weight is 427 g/mol. The molecule has 0 aliphatic carbocycles. The molecule has 7 heteroatoms. The lowest BCUT2D eigenvalue weighted by Gasteiger charge is -2.19. The lowest BCUT2D eigenvalue weighted by molar-refractivity contribution is -0.147. The Bertz CT molecular complexity index is 901. The monoisotopic (exact) mass is 426 g/mol. The minimum atomic E-state index is -0.689. The summed E-state index contributed by atoms with van der Waals surface area (Å²) in [5.41, 5.74) is 2.64. The summed E-state index contributed by atoms with van der Waals surface area (Å²) in [5.74, 6) is -0.782. The number of aryl methyl sites for hydroxylation is 1. The number of esters is 1. The predicted octanol–water partition coefficient (Wildman–Crippen LogP) is 2.76. The zero-order valence-corrected chi connectivity index (χ0v) is 18.5. The number of rotatable bonds is 9. The van der Waals surface area contributed by atoms with Gasteiger partial charge in [-0.2, -0.15) is 0 Å². The SMILES string of the molecule is Cc1cccc(OCCNC(=O)COC(=O)CNC(=O)c2ccc(C(C)(C)C)cc2)c1. The third-order valence-corrected chi connectivity index (χ3v) is 4.45. The van der Waals surface area contributed by atoms with Crippen LogP contribution >= 0.6 is 0 Å². The maximum absolute atomic E-state index is 12.1. The highest BCUT2D eigenvalue weighted by atomic mass is 16.5. The molecule has 2 N–H and O–H groups in total. The van der Waals surface area contributed by atoms with Crippen LogP contribution in [-0.2, 0) is 19.7 Å². The van der Waals surface area contributed by atoms with E-state index in [9.17, 15) is 14.4 Å². The molecule has 0 fully saturated rings. The Balaban J connectivity index is 1.62. The van der Waals surface area contributed by atoms with Gasteiger partial charge in [-0.25, -0.2) is 0 Å². The molecule has 2 amide bonds. The lowest BCUT2D eigenvalue weighted by atomic mass is 9.87. The van der Waals surface area contributed by atoms with Crippen LogP contribution in [0.1, 0.15) is 42.3 Å². The van der Waals surface area contributed by atoms with Crippen molar-refractivity contribution in [3.63, 3.8) is 0 Å². The van der Waals surface area contributed by atoms with Crippen molar-refractivity contribution < 1.29 is 23.9 Å². The molecule has 0 aliphatic heterocycles. The van der Waals surface area contributed by atoms with Gasteiger partial charge in [0.2, 0.25) is 0 Å². The standard InChI is InChI=1S/C24H30N2O5/c1-17-6-5-7-20(14-17)30-13-12-25-21(27)16-31-22(28)15-26-23(29)18-8-10-19(11-9-18)24(2,3)4/h5-11,14H,12-13,15-16H2,1-4H3,(H,25,27)(H,26,29). The minimum absolute atomic E-state index is 0.00784. The Morgan fingerprint density at radius 1 is 0.968 bits per heavy atom. The molecule has 0 saturated carbocycles. The van der Waals surface area contributed by atoms with Crippen LogP contribution in [0.4, 0.5) is 0 Å². The lowest BCUT2D eigenvalue weighted by Crippen LogP contribution is -2.35. The quantitative estimate of drug-likeness (QED) is 0.475. The highest BCUT2D eigenvalue weighted by Gasteiger charge is 2.15. The maximum Gasteiger partial charge on any atom is 0.325 e. The van der Waals surface area contributed by atoms with Crippen LogP contribution in [0.15, 0.2) is 48.5 Å². The molecule has 31 heavy (non-hydrogen) atoms. The molecule has 0 unspecified atom stereocenters. The number of carbonyl (C=O) groups excluding carboxylic acids is 3. The Morgan fingerprint density at radius 2 is 1.68 bits per heavy atom. The molecule has 0 spiro atoms. The van der Waals surface area contributed by atoms with Gasteiger partial charge < -0.3 is 20.1 Å². The van der Waals surface area contributed by atoms with Gasteiger partial charge in [0.15, 0.2) is 6.61 Å². The number of hydrogen-bond donors (Lipinski definition) is 2. The molecular weight excluding hydrogens is 396 g/mol. The molecule has 0 aromatic heterocycles. The van der Waals surface area contributed by atoms with Crippen molar-refractivity contribution in [3.05, 3.63) is 65.2 Å². The summed E-state index contributed by atoms with van der Waals surface area (Å²) in [6.45, 7) is 8.08. The van der Waals surface area contributed by atoms with Crippen molar-refractivity contribution in [2.24, 2.45) is 0 Å². The average Bonchev–Trinajstić information content (AvgIpc) is 2.73. The van der Waals surface area contributed by atoms with Crippen LogP contribution in [0.5, 0.6) is 5.75 Å². The van der Waals surface area contributed by atoms with Crippen molar-refractivity contribution in [2.45, 2.75) is 33.1 Å². The van der Waals surface area contributed by atoms with E-state index in [1.807, 2.05) is 43.3 Å². The molecular formula is C24H30N2O5. The second kappa shape index (κ2) is 11.2. The summed E-state index contributed by atoms with van der Waals surface area (Å²) >= 11 is 0. The number of nitrogens with one attached hydrogen (secondary N) is 2. The molecule has 7 nitrogen and oxygen atoms in total. The van der Waals surface area contributed by atoms with Gasteiger partial charge in [0, 0.05) is 5.56 Å². The Kier molecular flexibility index (Phi) is 8.61. The summed E-state index contributed by atoms with van der Waals surface area (Å²) in [4.78, 5) is 35.7. The largest absolute Gasteiger partial charge is 0.492 e. The van der Waals surface area contributed by atoms with E-state index in [4.69, 9.17) is 9.47 Å². The number of benzene rings is 2. The van der Waals surface area contributed by atoms with Crippen molar-refractivity contribution in [3.8, 4) is 5.75 Å². The van der Waals surface area contributed by atoms with Crippen LogP contribution in [0.2, 0.25) is 0 Å². The predicted molar refractivity (Wildman–Crippen MR) is 118 cm³/mol. The second-order valence-electron chi connectivity index (χ2n) is 8.19. The molecule has 0 aliphatic rings. The van der Waals surface area contributed by atoms with Crippen LogP contribution in [0, 0.1) is 6.92 Å². The number of hydrogen-bond acceptors (Lipinski definition) is 5. The maximum atomic E-state index is 12.1. The van der Waals surface area contributed by atoms with E-state index in [-0.39, 0.29) is 24.4 Å². The number of ether oxygens (including phenoxy) is 2. The molecule has 2 aromatic rings. The first-order valence-electron chi connectivity index (χ1n) is 10.2. The fourth-order valence-corrected chi connectivity index (χ4v) is 2.69. The van der Waals surface area contributed by atoms with Crippen LogP contribution in [0.3, 0.4) is 0 Å². The normalized spacial score (nSPS) is 10.8. The third kappa shape index (κ3) is 8.50. The highest BCUT2D eigenvalue weighted by molar-refractivity contribution is 5.96. The van der Waals surface area contributed by atoms with Crippen LogP contribution in [-0.4, -0.2) is 44.1 Å². The molecule has 0 saturated heterocycles. The van der Waals surface area contributed by atoms with E-state index >= 15 is 0 Å². The molecule has 0 bridgehead atoms. The van der Waals surface area contributed by atoms with E-state index in [1.165, 1.54) is 0 Å². The van der Waals surface area contributed by atoms with Gasteiger partial charge in [-0.1, -0.05) is 45.0 Å². The minimum Gasteiger partial charge on any atom is -0.492 e. The summed E-state index contributed by atoms with van der Waals surface area (Å²) in [5, 5.41) is 5.09. The van der Waals surface area contributed by atoms with Crippen molar-refractivity contribution in [1.82, 2.24) is 10.6 Å². The van der Waals surface area contributed by atoms with Crippen molar-refractivity contribution in [2.75, 3.05) is 26.3 Å². The van der Waals surface area contributed by atoms with Gasteiger partial charge in [-0.15, -0.1) is 0 Å². The van der Waals surface area contributed by atoms with E-state index in [2.05, 4.69) is 31.4 Å². The Morgan fingerprint density at radius 3 is 2.32 bits per heavy atom. The molecule has 0 heterocycles. The molecule has 0 radical (unpaired) electrons. The first-order chi connectivity index (χ1) is 14.6. The van der Waals surface area contributed by atoms with E-state index in [1.54, 1.807) is 12.1 Å². The van der Waals surface area contributed by atoms with E-state index < -0.39 is 18.5 Å². The fourth-order valence-electron chi connectivity index (χ4n) is 2.69. The van der Waals surface area contributed by atoms with Gasteiger partial charge in [0.25, 0.3) is 11.8 Å². The van der Waals surface area contributed by atoms with Gasteiger partial charge in [-0.05, 0) is 47.7 Å². The highest BCUT2D eigenvalue weighted by Crippen LogP contribution is 2.22. The first-order valence-corrected chi connectivity index (χ1v) is 10.2. The van der Waals surface area contributed by atoms with Crippen LogP contribution in [0.25, 0.3) is 0 Å². The van der Waals surface area contributed by atoms with E-state index in [0.29, 0.717) is 12.2 Å². The molecule has 2 aromatic carbocycles. The Labute approximate surface area is 183 Å². The van der Waals surface area contributed by atoms with Gasteiger partial charge in [0.1, 0.15) is 18.9 Å². The summed E-state index contributed by atoms with van der Waals surface area (Å²) in [7, 11) is 0. The molecule has 166 valence electrons. The second-order valence-corrected chi connectivity index (χ2v) is 8.19. The smallest absolute Gasteiger partial charge is 0.325 e.